The Labute approximate surface area is 162 Å². The molecule has 1 heterocycles. The van der Waals surface area contributed by atoms with Crippen molar-refractivity contribution in [3.05, 3.63) is 34.9 Å². The second-order valence-corrected chi connectivity index (χ2v) is 7.96. The molecule has 1 fully saturated rings. The Morgan fingerprint density at radius 2 is 2.15 bits per heavy atom. The number of phenolic OH excluding ortho intramolecular Hbond substituents is 1. The largest absolute Gasteiger partial charge is 0.507 e. The van der Waals surface area contributed by atoms with Gasteiger partial charge in [-0.3, -0.25) is 4.79 Å². The standard InChI is InChI=1S/C23H32O4/c1-3-4-5-8-17-13-20(24)23(18-9-6-7-16(2)12-18)21(14-17)27-22(25)11-10-19-15-26-19/h12-14,18-19,24H,3-11,15H2,1-2H3. The predicted octanol–water partition coefficient (Wildman–Crippen LogP) is 5.42. The molecule has 1 aromatic carbocycles. The fourth-order valence-corrected chi connectivity index (χ4v) is 3.87. The summed E-state index contributed by atoms with van der Waals surface area (Å²) in [5.41, 5.74) is 3.14. The van der Waals surface area contributed by atoms with Gasteiger partial charge in [-0.2, -0.15) is 0 Å². The maximum absolute atomic E-state index is 12.4. The lowest BCUT2D eigenvalue weighted by molar-refractivity contribution is -0.134. The number of aryl methyl sites for hydroxylation is 1. The molecule has 1 saturated heterocycles. The van der Waals surface area contributed by atoms with Gasteiger partial charge in [0.15, 0.2) is 0 Å². The second kappa shape index (κ2) is 9.41. The second-order valence-electron chi connectivity index (χ2n) is 7.96. The summed E-state index contributed by atoms with van der Waals surface area (Å²) in [6.07, 6.45) is 10.9. The van der Waals surface area contributed by atoms with Crippen LogP contribution in [0, 0.1) is 0 Å². The summed E-state index contributed by atoms with van der Waals surface area (Å²) in [5.74, 6) is 0.666. The van der Waals surface area contributed by atoms with Crippen LogP contribution in [0.15, 0.2) is 23.8 Å². The van der Waals surface area contributed by atoms with Gasteiger partial charge in [0.05, 0.1) is 12.7 Å². The van der Waals surface area contributed by atoms with Crippen LogP contribution in [0.25, 0.3) is 0 Å². The SMILES string of the molecule is CCCCCc1cc(O)c(C2C=C(C)CCC2)c(OC(=O)CCC2CO2)c1. The number of carbonyl (C=O) groups is 1. The monoisotopic (exact) mass is 372 g/mol. The Morgan fingerprint density at radius 1 is 1.33 bits per heavy atom. The molecule has 0 bridgehead atoms. The summed E-state index contributed by atoms with van der Waals surface area (Å²) >= 11 is 0. The van der Waals surface area contributed by atoms with E-state index in [0.29, 0.717) is 18.6 Å². The molecule has 148 valence electrons. The summed E-state index contributed by atoms with van der Waals surface area (Å²) in [5, 5.41) is 10.8. The zero-order chi connectivity index (χ0) is 19.2. The lowest BCUT2D eigenvalue weighted by Crippen LogP contribution is -2.13. The van der Waals surface area contributed by atoms with Crippen molar-refractivity contribution < 1.29 is 19.4 Å². The van der Waals surface area contributed by atoms with Crippen LogP contribution < -0.4 is 4.74 Å². The third-order valence-electron chi connectivity index (χ3n) is 5.49. The van der Waals surface area contributed by atoms with Gasteiger partial charge in [0.1, 0.15) is 11.5 Å². The summed E-state index contributed by atoms with van der Waals surface area (Å²) in [6, 6.07) is 3.83. The van der Waals surface area contributed by atoms with Gasteiger partial charge in [0.2, 0.25) is 0 Å². The highest BCUT2D eigenvalue weighted by atomic mass is 16.6. The molecule has 27 heavy (non-hydrogen) atoms. The van der Waals surface area contributed by atoms with Crippen molar-refractivity contribution in [1.29, 1.82) is 0 Å². The van der Waals surface area contributed by atoms with E-state index in [1.165, 1.54) is 5.57 Å². The summed E-state index contributed by atoms with van der Waals surface area (Å²) in [7, 11) is 0. The van der Waals surface area contributed by atoms with Crippen molar-refractivity contribution in [2.24, 2.45) is 0 Å². The van der Waals surface area contributed by atoms with Crippen LogP contribution in [0.2, 0.25) is 0 Å². The van der Waals surface area contributed by atoms with Crippen molar-refractivity contribution >= 4 is 5.97 Å². The van der Waals surface area contributed by atoms with Gasteiger partial charge in [0.25, 0.3) is 0 Å². The van der Waals surface area contributed by atoms with E-state index in [2.05, 4.69) is 19.9 Å². The molecule has 2 aliphatic rings. The highest BCUT2D eigenvalue weighted by Crippen LogP contribution is 2.42. The molecule has 1 N–H and O–H groups in total. The van der Waals surface area contributed by atoms with Crippen LogP contribution in [0.3, 0.4) is 0 Å². The van der Waals surface area contributed by atoms with Crippen LogP contribution in [-0.4, -0.2) is 23.8 Å². The molecule has 2 atom stereocenters. The molecule has 1 aromatic rings. The fraction of sp³-hybridized carbons (Fsp3) is 0.609. The number of phenols is 1. The number of rotatable bonds is 9. The van der Waals surface area contributed by atoms with E-state index >= 15 is 0 Å². The van der Waals surface area contributed by atoms with Crippen molar-refractivity contribution in [1.82, 2.24) is 0 Å². The first-order valence-electron chi connectivity index (χ1n) is 10.4. The first kappa shape index (κ1) is 19.9. The Kier molecular flexibility index (Phi) is 6.95. The van der Waals surface area contributed by atoms with Crippen LogP contribution in [0.1, 0.15) is 82.3 Å². The molecule has 0 spiro atoms. The number of allylic oxidation sites excluding steroid dienone is 2. The van der Waals surface area contributed by atoms with Gasteiger partial charge >= 0.3 is 5.97 Å². The van der Waals surface area contributed by atoms with E-state index in [-0.39, 0.29) is 23.7 Å². The van der Waals surface area contributed by atoms with Gasteiger partial charge in [-0.05, 0) is 63.1 Å². The van der Waals surface area contributed by atoms with Crippen molar-refractivity contribution in [3.8, 4) is 11.5 Å². The van der Waals surface area contributed by atoms with E-state index in [4.69, 9.17) is 9.47 Å². The van der Waals surface area contributed by atoms with Crippen molar-refractivity contribution in [3.63, 3.8) is 0 Å². The minimum Gasteiger partial charge on any atom is -0.507 e. The molecule has 0 saturated carbocycles. The number of aromatic hydroxyl groups is 1. The third kappa shape index (κ3) is 5.83. The van der Waals surface area contributed by atoms with Crippen LogP contribution in [0.4, 0.5) is 0 Å². The van der Waals surface area contributed by atoms with Gasteiger partial charge < -0.3 is 14.6 Å². The number of benzene rings is 1. The van der Waals surface area contributed by atoms with Crippen LogP contribution in [-0.2, 0) is 16.0 Å². The van der Waals surface area contributed by atoms with Crippen molar-refractivity contribution in [2.75, 3.05) is 6.61 Å². The molecular weight excluding hydrogens is 340 g/mol. The average Bonchev–Trinajstić information content (AvgIpc) is 3.44. The topological polar surface area (TPSA) is 59.1 Å². The van der Waals surface area contributed by atoms with Crippen LogP contribution in [0.5, 0.6) is 11.5 Å². The number of hydrogen-bond acceptors (Lipinski definition) is 4. The normalized spacial score (nSPS) is 21.6. The number of hydrogen-bond donors (Lipinski definition) is 1. The van der Waals surface area contributed by atoms with E-state index < -0.39 is 0 Å². The maximum atomic E-state index is 12.4. The van der Waals surface area contributed by atoms with Gasteiger partial charge in [-0.15, -0.1) is 0 Å². The highest BCUT2D eigenvalue weighted by molar-refractivity contribution is 5.73. The number of esters is 1. The summed E-state index contributed by atoms with van der Waals surface area (Å²) in [4.78, 5) is 12.4. The molecular formula is C23H32O4. The molecule has 2 unspecified atom stereocenters. The minimum atomic E-state index is -0.242. The molecule has 0 radical (unpaired) electrons. The van der Waals surface area contributed by atoms with Gasteiger partial charge in [-0.25, -0.2) is 0 Å². The highest BCUT2D eigenvalue weighted by Gasteiger charge is 2.26. The van der Waals surface area contributed by atoms with Crippen molar-refractivity contribution in [2.45, 2.75) is 83.7 Å². The van der Waals surface area contributed by atoms with Gasteiger partial charge in [-0.1, -0.05) is 31.4 Å². The smallest absolute Gasteiger partial charge is 0.311 e. The average molecular weight is 373 g/mol. The zero-order valence-electron chi connectivity index (χ0n) is 16.6. The Balaban J connectivity index is 1.82. The first-order valence-corrected chi connectivity index (χ1v) is 10.4. The molecule has 1 aliphatic heterocycles. The zero-order valence-corrected chi connectivity index (χ0v) is 16.6. The Bertz CT molecular complexity index is 688. The van der Waals surface area contributed by atoms with E-state index in [9.17, 15) is 9.90 Å². The molecule has 4 heteroatoms. The number of unbranched alkanes of at least 4 members (excludes halogenated alkanes) is 2. The molecule has 0 amide bonds. The van der Waals surface area contributed by atoms with Gasteiger partial charge in [0, 0.05) is 17.9 Å². The quantitative estimate of drug-likeness (QED) is 0.207. The molecule has 1 aliphatic carbocycles. The van der Waals surface area contributed by atoms with E-state index in [1.807, 2.05) is 12.1 Å². The molecule has 4 nitrogen and oxygen atoms in total. The number of epoxide rings is 1. The first-order chi connectivity index (χ1) is 13.1. The lowest BCUT2D eigenvalue weighted by atomic mass is 9.84. The Hall–Kier alpha value is -1.81. The summed E-state index contributed by atoms with van der Waals surface area (Å²) < 4.78 is 10.9. The lowest BCUT2D eigenvalue weighted by Gasteiger charge is -2.23. The maximum Gasteiger partial charge on any atom is 0.311 e. The molecule has 3 rings (SSSR count). The minimum absolute atomic E-state index is 0.109. The van der Waals surface area contributed by atoms with Crippen LogP contribution >= 0.6 is 0 Å². The number of ether oxygens (including phenoxy) is 2. The fourth-order valence-electron chi connectivity index (χ4n) is 3.87. The molecule has 0 aromatic heterocycles. The third-order valence-corrected chi connectivity index (χ3v) is 5.49. The predicted molar refractivity (Wildman–Crippen MR) is 106 cm³/mol. The Morgan fingerprint density at radius 3 is 2.85 bits per heavy atom. The van der Waals surface area contributed by atoms with E-state index in [0.717, 1.165) is 62.7 Å². The van der Waals surface area contributed by atoms with E-state index in [1.54, 1.807) is 0 Å². The number of carbonyl (C=O) groups excluding carboxylic acids is 1. The summed E-state index contributed by atoms with van der Waals surface area (Å²) in [6.45, 7) is 5.05.